The van der Waals surface area contributed by atoms with Crippen molar-refractivity contribution < 1.29 is 18.3 Å². The molecule has 2 aromatic rings. The summed E-state index contributed by atoms with van der Waals surface area (Å²) in [6, 6.07) is 12.6. The minimum atomic E-state index is -4.33. The number of hydrogen-bond acceptors (Lipinski definition) is 2. The lowest BCUT2D eigenvalue weighted by Crippen LogP contribution is -2.14. The second kappa shape index (κ2) is 13.2. The summed E-state index contributed by atoms with van der Waals surface area (Å²) in [5.41, 5.74) is 8.18. The van der Waals surface area contributed by atoms with Crippen molar-refractivity contribution in [1.82, 2.24) is 0 Å². The number of aliphatic hydroxyl groups is 1. The molecule has 0 aliphatic heterocycles. The van der Waals surface area contributed by atoms with Crippen LogP contribution in [0, 0.1) is 11.8 Å². The van der Waals surface area contributed by atoms with Crippen molar-refractivity contribution in [1.29, 1.82) is 0 Å². The monoisotopic (exact) mass is 431 g/mol. The highest BCUT2D eigenvalue weighted by Crippen LogP contribution is 2.30. The van der Waals surface area contributed by atoms with E-state index in [0.717, 1.165) is 48.9 Å². The summed E-state index contributed by atoms with van der Waals surface area (Å²) >= 11 is 0. The van der Waals surface area contributed by atoms with Crippen molar-refractivity contribution in [3.05, 3.63) is 70.8 Å². The van der Waals surface area contributed by atoms with Crippen LogP contribution in [-0.2, 0) is 12.6 Å². The van der Waals surface area contributed by atoms with Gasteiger partial charge in [-0.25, -0.2) is 0 Å². The van der Waals surface area contributed by atoms with Gasteiger partial charge in [-0.05, 0) is 54.7 Å². The molecule has 168 valence electrons. The van der Waals surface area contributed by atoms with E-state index >= 15 is 0 Å². The quantitative estimate of drug-likeness (QED) is 0.319. The van der Waals surface area contributed by atoms with E-state index in [1.54, 1.807) is 0 Å². The SMILES string of the molecule is NC(Cc1ccc(C#CCCCCCCCCCO)cc1)c1ccc(C(F)(F)F)cc1. The van der Waals surface area contributed by atoms with Gasteiger partial charge in [0.1, 0.15) is 0 Å². The van der Waals surface area contributed by atoms with Gasteiger partial charge in [-0.15, -0.1) is 0 Å². The van der Waals surface area contributed by atoms with Gasteiger partial charge in [0.15, 0.2) is 0 Å². The molecule has 2 nitrogen and oxygen atoms in total. The first kappa shape index (κ1) is 25.0. The van der Waals surface area contributed by atoms with Gasteiger partial charge < -0.3 is 10.8 Å². The molecule has 0 aliphatic carbocycles. The van der Waals surface area contributed by atoms with Crippen LogP contribution in [0.3, 0.4) is 0 Å². The maximum Gasteiger partial charge on any atom is 0.416 e. The highest BCUT2D eigenvalue weighted by molar-refractivity contribution is 5.37. The Morgan fingerprint density at radius 2 is 1.39 bits per heavy atom. The van der Waals surface area contributed by atoms with E-state index in [1.807, 2.05) is 24.3 Å². The molecule has 1 unspecified atom stereocenters. The van der Waals surface area contributed by atoms with Crippen LogP contribution in [0.2, 0.25) is 0 Å². The highest BCUT2D eigenvalue weighted by Gasteiger charge is 2.30. The third-order valence-corrected chi connectivity index (χ3v) is 5.27. The van der Waals surface area contributed by atoms with Gasteiger partial charge in [-0.2, -0.15) is 13.2 Å². The standard InChI is InChI=1S/C26H32F3NO/c27-26(28,29)24-17-15-23(16-18-24)25(30)20-22-13-11-21(12-14-22)10-8-6-4-2-1-3-5-7-9-19-31/h11-18,25,31H,1-7,9,19-20,30H2. The molecule has 5 heteroatoms. The Hall–Kier alpha value is -2.29. The molecule has 0 spiro atoms. The van der Waals surface area contributed by atoms with Gasteiger partial charge in [0.05, 0.1) is 5.56 Å². The molecular weight excluding hydrogens is 399 g/mol. The van der Waals surface area contributed by atoms with Gasteiger partial charge in [-0.3, -0.25) is 0 Å². The van der Waals surface area contributed by atoms with E-state index in [-0.39, 0.29) is 6.04 Å². The molecule has 0 aliphatic rings. The lowest BCUT2D eigenvalue weighted by atomic mass is 9.98. The molecule has 0 heterocycles. The minimum Gasteiger partial charge on any atom is -0.396 e. The van der Waals surface area contributed by atoms with Crippen LogP contribution >= 0.6 is 0 Å². The van der Waals surface area contributed by atoms with Crippen molar-refractivity contribution in [2.45, 2.75) is 70.0 Å². The molecule has 3 N–H and O–H groups in total. The Labute approximate surface area is 183 Å². The fourth-order valence-corrected chi connectivity index (χ4v) is 3.39. The summed E-state index contributed by atoms with van der Waals surface area (Å²) in [5, 5.41) is 8.74. The average Bonchev–Trinajstić information content (AvgIpc) is 2.75. The number of benzene rings is 2. The topological polar surface area (TPSA) is 46.2 Å². The van der Waals surface area contributed by atoms with Crippen LogP contribution in [0.25, 0.3) is 0 Å². The number of alkyl halides is 3. The molecule has 0 aromatic heterocycles. The number of rotatable bonds is 11. The second-order valence-electron chi connectivity index (χ2n) is 7.88. The predicted octanol–water partition coefficient (Wildman–Crippen LogP) is 6.41. The van der Waals surface area contributed by atoms with Gasteiger partial charge in [0, 0.05) is 24.6 Å². The molecule has 0 radical (unpaired) electrons. The Balaban J connectivity index is 1.73. The largest absolute Gasteiger partial charge is 0.416 e. The van der Waals surface area contributed by atoms with Crippen molar-refractivity contribution in [3.8, 4) is 11.8 Å². The fraction of sp³-hybridized carbons (Fsp3) is 0.462. The number of unbranched alkanes of at least 4 members (excludes halogenated alkanes) is 7. The van der Waals surface area contributed by atoms with Gasteiger partial charge >= 0.3 is 6.18 Å². The number of halogens is 3. The summed E-state index contributed by atoms with van der Waals surface area (Å²) in [5.74, 6) is 6.40. The summed E-state index contributed by atoms with van der Waals surface area (Å²) in [4.78, 5) is 0. The van der Waals surface area contributed by atoms with Gasteiger partial charge in [0.2, 0.25) is 0 Å². The third kappa shape index (κ3) is 9.59. The summed E-state index contributed by atoms with van der Waals surface area (Å²) in [6.45, 7) is 0.294. The molecule has 2 rings (SSSR count). The maximum atomic E-state index is 12.7. The van der Waals surface area contributed by atoms with Crippen molar-refractivity contribution in [2.75, 3.05) is 6.61 Å². The number of aliphatic hydroxyl groups excluding tert-OH is 1. The van der Waals surface area contributed by atoms with Crippen molar-refractivity contribution >= 4 is 0 Å². The van der Waals surface area contributed by atoms with Crippen molar-refractivity contribution in [3.63, 3.8) is 0 Å². The maximum absolute atomic E-state index is 12.7. The van der Waals surface area contributed by atoms with E-state index < -0.39 is 11.7 Å². The Bertz CT molecular complexity index is 817. The zero-order valence-corrected chi connectivity index (χ0v) is 17.9. The first-order valence-corrected chi connectivity index (χ1v) is 11.0. The Morgan fingerprint density at radius 1 is 0.806 bits per heavy atom. The van der Waals surface area contributed by atoms with E-state index in [1.165, 1.54) is 37.8 Å². The molecule has 0 amide bonds. The van der Waals surface area contributed by atoms with Gasteiger partial charge in [0.25, 0.3) is 0 Å². The van der Waals surface area contributed by atoms with Crippen molar-refractivity contribution in [2.24, 2.45) is 5.73 Å². The number of nitrogens with two attached hydrogens (primary N) is 1. The van der Waals surface area contributed by atoms with E-state index in [9.17, 15) is 13.2 Å². The molecule has 0 bridgehead atoms. The molecule has 0 fully saturated rings. The summed E-state index contributed by atoms with van der Waals surface area (Å²) < 4.78 is 38.0. The number of hydrogen-bond donors (Lipinski definition) is 2. The Morgan fingerprint density at radius 3 is 1.97 bits per heavy atom. The molecule has 0 saturated heterocycles. The van der Waals surface area contributed by atoms with Crippen LogP contribution in [0.1, 0.15) is 79.7 Å². The first-order valence-electron chi connectivity index (χ1n) is 11.0. The zero-order chi connectivity index (χ0) is 22.5. The molecule has 0 saturated carbocycles. The van der Waals surface area contributed by atoms with E-state index in [4.69, 9.17) is 10.8 Å². The predicted molar refractivity (Wildman–Crippen MR) is 119 cm³/mol. The first-order chi connectivity index (χ1) is 14.9. The molecule has 1 atom stereocenters. The van der Waals surface area contributed by atoms with Crippen LogP contribution < -0.4 is 5.73 Å². The highest BCUT2D eigenvalue weighted by atomic mass is 19.4. The van der Waals surface area contributed by atoms with Crippen LogP contribution in [-0.4, -0.2) is 11.7 Å². The zero-order valence-electron chi connectivity index (χ0n) is 17.9. The van der Waals surface area contributed by atoms with Crippen LogP contribution in [0.4, 0.5) is 13.2 Å². The third-order valence-electron chi connectivity index (χ3n) is 5.27. The summed E-state index contributed by atoms with van der Waals surface area (Å²) in [7, 11) is 0. The normalized spacial score (nSPS) is 12.3. The Kier molecular flexibility index (Phi) is 10.6. The molecule has 31 heavy (non-hydrogen) atoms. The average molecular weight is 432 g/mol. The van der Waals surface area contributed by atoms with Crippen LogP contribution in [0.15, 0.2) is 48.5 Å². The smallest absolute Gasteiger partial charge is 0.396 e. The van der Waals surface area contributed by atoms with E-state index in [0.29, 0.717) is 18.6 Å². The fourth-order valence-electron chi connectivity index (χ4n) is 3.39. The molecular formula is C26H32F3NO. The minimum absolute atomic E-state index is 0.294. The van der Waals surface area contributed by atoms with E-state index in [2.05, 4.69) is 11.8 Å². The lowest BCUT2D eigenvalue weighted by Gasteiger charge is -2.14. The molecule has 2 aromatic carbocycles. The lowest BCUT2D eigenvalue weighted by molar-refractivity contribution is -0.137. The van der Waals surface area contributed by atoms with Gasteiger partial charge in [-0.1, -0.05) is 68.2 Å². The second-order valence-corrected chi connectivity index (χ2v) is 7.88. The summed E-state index contributed by atoms with van der Waals surface area (Å²) in [6.07, 6.45) is 5.06. The van der Waals surface area contributed by atoms with Crippen LogP contribution in [0.5, 0.6) is 0 Å².